The molecule has 0 N–H and O–H groups in total. The zero-order valence-electron chi connectivity index (χ0n) is 16.4. The Hall–Kier alpha value is -3.51. The van der Waals surface area contributed by atoms with Gasteiger partial charge in [0.25, 0.3) is 5.56 Å². The summed E-state index contributed by atoms with van der Waals surface area (Å²) in [6.45, 7) is 2.58. The Bertz CT molecular complexity index is 1410. The van der Waals surface area contributed by atoms with Gasteiger partial charge in [-0.1, -0.05) is 17.3 Å². The third-order valence-corrected chi connectivity index (χ3v) is 6.21. The highest BCUT2D eigenvalue weighted by atomic mass is 16.5. The van der Waals surface area contributed by atoms with Crippen molar-refractivity contribution in [1.82, 2.24) is 28.9 Å². The summed E-state index contributed by atoms with van der Waals surface area (Å²) >= 11 is 0. The molecular weight excluding hydrogens is 382 g/mol. The van der Waals surface area contributed by atoms with Gasteiger partial charge in [0.1, 0.15) is 29.0 Å². The predicted molar refractivity (Wildman–Crippen MR) is 108 cm³/mol. The SMILES string of the molecule is CC1(n2c(=O)c3c(-c4nnn(C#N)c4C4CC4)ncn3c3ccccc32)CCCO1. The summed E-state index contributed by atoms with van der Waals surface area (Å²) in [6.07, 6.45) is 7.33. The van der Waals surface area contributed by atoms with Crippen molar-refractivity contribution in [2.24, 2.45) is 0 Å². The fraction of sp³-hybridized carbons (Fsp3) is 0.381. The van der Waals surface area contributed by atoms with Crippen LogP contribution >= 0.6 is 0 Å². The van der Waals surface area contributed by atoms with Crippen LogP contribution in [0.1, 0.15) is 44.2 Å². The second-order valence-electron chi connectivity index (χ2n) is 8.18. The maximum Gasteiger partial charge on any atom is 0.280 e. The number of ether oxygens (including phenoxy) is 1. The number of hydrogen-bond acceptors (Lipinski definition) is 6. The number of hydrogen-bond donors (Lipinski definition) is 0. The molecule has 1 unspecified atom stereocenters. The molecule has 0 spiro atoms. The standard InChI is InChI=1S/C21H19N7O2/c1-21(9-4-10-30-21)28-15-6-3-2-5-14(15)26-12-23-16(19(26)20(28)29)17-18(13-7-8-13)27(11-22)25-24-17/h2-3,5-6,12-13H,4,7-10H2,1H3. The first-order valence-corrected chi connectivity index (χ1v) is 10.1. The van der Waals surface area contributed by atoms with Gasteiger partial charge in [0.05, 0.1) is 16.7 Å². The average Bonchev–Trinajstić information content (AvgIpc) is 3.15. The summed E-state index contributed by atoms with van der Waals surface area (Å²) < 4.78 is 10.8. The zero-order chi connectivity index (χ0) is 20.5. The Kier molecular flexibility index (Phi) is 3.47. The maximum atomic E-state index is 13.9. The first kappa shape index (κ1) is 17.4. The topological polar surface area (TPSA) is 103 Å². The Labute approximate surface area is 171 Å². The van der Waals surface area contributed by atoms with E-state index in [1.165, 1.54) is 4.68 Å². The molecule has 4 heterocycles. The largest absolute Gasteiger partial charge is 0.355 e. The minimum absolute atomic E-state index is 0.182. The quantitative estimate of drug-likeness (QED) is 0.523. The summed E-state index contributed by atoms with van der Waals surface area (Å²) in [4.78, 5) is 18.4. The van der Waals surface area contributed by atoms with Crippen molar-refractivity contribution in [3.8, 4) is 17.6 Å². The van der Waals surface area contributed by atoms with Crippen molar-refractivity contribution in [3.63, 3.8) is 0 Å². The highest BCUT2D eigenvalue weighted by Crippen LogP contribution is 2.44. The molecular formula is C21H19N7O2. The van der Waals surface area contributed by atoms with Gasteiger partial charge in [-0.05, 0) is 44.7 Å². The number of imidazole rings is 1. The van der Waals surface area contributed by atoms with E-state index in [-0.39, 0.29) is 11.5 Å². The summed E-state index contributed by atoms with van der Waals surface area (Å²) in [6, 6.07) is 7.76. The second kappa shape index (κ2) is 6.00. The first-order valence-electron chi connectivity index (χ1n) is 10.1. The van der Waals surface area contributed by atoms with Crippen LogP contribution in [0.15, 0.2) is 35.4 Å². The van der Waals surface area contributed by atoms with Crippen LogP contribution in [0.25, 0.3) is 27.9 Å². The van der Waals surface area contributed by atoms with Gasteiger partial charge in [0, 0.05) is 12.5 Å². The number of rotatable bonds is 3. The van der Waals surface area contributed by atoms with E-state index in [0.717, 1.165) is 42.4 Å². The Morgan fingerprint density at radius 2 is 2.03 bits per heavy atom. The predicted octanol–water partition coefficient (Wildman–Crippen LogP) is 2.60. The summed E-state index contributed by atoms with van der Waals surface area (Å²) in [7, 11) is 0. The molecule has 9 nitrogen and oxygen atoms in total. The van der Waals surface area contributed by atoms with Crippen molar-refractivity contribution in [3.05, 3.63) is 46.6 Å². The van der Waals surface area contributed by atoms with Crippen molar-refractivity contribution in [1.29, 1.82) is 5.26 Å². The van der Waals surface area contributed by atoms with E-state index in [4.69, 9.17) is 4.74 Å². The van der Waals surface area contributed by atoms with E-state index >= 15 is 0 Å². The van der Waals surface area contributed by atoms with Gasteiger partial charge in [0.2, 0.25) is 6.19 Å². The van der Waals surface area contributed by atoms with Crippen LogP contribution in [0.4, 0.5) is 0 Å². The number of fused-ring (bicyclic) bond motifs is 3. The number of nitriles is 1. The molecule has 1 atom stereocenters. The maximum absolute atomic E-state index is 13.9. The summed E-state index contributed by atoms with van der Waals surface area (Å²) in [5, 5.41) is 17.7. The summed E-state index contributed by atoms with van der Waals surface area (Å²) in [5.41, 5.74) is 2.90. The van der Waals surface area contributed by atoms with Crippen LogP contribution in [-0.4, -0.2) is 35.6 Å². The van der Waals surface area contributed by atoms with Gasteiger partial charge in [-0.25, -0.2) is 4.98 Å². The van der Waals surface area contributed by atoms with Crippen LogP contribution in [0, 0.1) is 11.5 Å². The fourth-order valence-corrected chi connectivity index (χ4v) is 4.65. The van der Waals surface area contributed by atoms with Gasteiger partial charge in [0.15, 0.2) is 0 Å². The van der Waals surface area contributed by atoms with Crippen LogP contribution in [0.3, 0.4) is 0 Å². The summed E-state index contributed by atoms with van der Waals surface area (Å²) in [5.74, 6) is 0.227. The molecule has 4 aromatic rings. The number of nitrogens with zero attached hydrogens (tertiary/aromatic N) is 7. The number of aromatic nitrogens is 6. The highest BCUT2D eigenvalue weighted by Gasteiger charge is 2.37. The van der Waals surface area contributed by atoms with E-state index in [1.807, 2.05) is 35.6 Å². The van der Waals surface area contributed by atoms with Crippen molar-refractivity contribution in [2.75, 3.05) is 6.61 Å². The molecule has 0 amide bonds. The molecule has 0 bridgehead atoms. The van der Waals surface area contributed by atoms with E-state index in [1.54, 1.807) is 10.9 Å². The van der Waals surface area contributed by atoms with Crippen LogP contribution < -0.4 is 5.56 Å². The number of para-hydroxylation sites is 2. The molecule has 1 aliphatic heterocycles. The van der Waals surface area contributed by atoms with Gasteiger partial charge in [-0.15, -0.1) is 9.78 Å². The van der Waals surface area contributed by atoms with Gasteiger partial charge < -0.3 is 4.74 Å². The molecule has 1 aliphatic carbocycles. The lowest BCUT2D eigenvalue weighted by Crippen LogP contribution is -2.39. The third-order valence-electron chi connectivity index (χ3n) is 6.21. The van der Waals surface area contributed by atoms with Crippen molar-refractivity contribution in [2.45, 2.75) is 44.2 Å². The van der Waals surface area contributed by atoms with Crippen molar-refractivity contribution >= 4 is 16.6 Å². The molecule has 0 radical (unpaired) electrons. The normalized spacial score (nSPS) is 21.5. The molecule has 1 saturated heterocycles. The minimum atomic E-state index is -0.719. The van der Waals surface area contributed by atoms with Gasteiger partial charge in [-0.2, -0.15) is 5.26 Å². The zero-order valence-corrected chi connectivity index (χ0v) is 16.4. The molecule has 150 valence electrons. The molecule has 3 aromatic heterocycles. The minimum Gasteiger partial charge on any atom is -0.355 e. The van der Waals surface area contributed by atoms with Crippen LogP contribution in [-0.2, 0) is 10.5 Å². The average molecular weight is 401 g/mol. The van der Waals surface area contributed by atoms with Crippen LogP contribution in [0.5, 0.6) is 0 Å². The highest BCUT2D eigenvalue weighted by molar-refractivity contribution is 5.85. The number of benzene rings is 1. The second-order valence-corrected chi connectivity index (χ2v) is 8.18. The van der Waals surface area contributed by atoms with Gasteiger partial charge >= 0.3 is 0 Å². The Balaban J connectivity index is 1.72. The molecule has 6 rings (SSSR count). The van der Waals surface area contributed by atoms with E-state index in [0.29, 0.717) is 23.5 Å². The van der Waals surface area contributed by atoms with E-state index in [2.05, 4.69) is 21.5 Å². The lowest BCUT2D eigenvalue weighted by atomic mass is 10.1. The lowest BCUT2D eigenvalue weighted by molar-refractivity contribution is -0.0447. The smallest absolute Gasteiger partial charge is 0.280 e. The molecule has 2 fully saturated rings. The van der Waals surface area contributed by atoms with Crippen LogP contribution in [0.2, 0.25) is 0 Å². The molecule has 1 aromatic carbocycles. The molecule has 1 saturated carbocycles. The van der Waals surface area contributed by atoms with E-state index in [9.17, 15) is 10.1 Å². The first-order chi connectivity index (χ1) is 14.6. The van der Waals surface area contributed by atoms with Gasteiger partial charge in [-0.3, -0.25) is 13.8 Å². The molecule has 2 aliphatic rings. The monoisotopic (exact) mass is 401 g/mol. The fourth-order valence-electron chi connectivity index (χ4n) is 4.65. The molecule has 9 heteroatoms. The third kappa shape index (κ3) is 2.25. The van der Waals surface area contributed by atoms with E-state index < -0.39 is 5.72 Å². The Morgan fingerprint density at radius 1 is 1.23 bits per heavy atom. The lowest BCUT2D eigenvalue weighted by Gasteiger charge is -2.28. The van der Waals surface area contributed by atoms with Crippen molar-refractivity contribution < 1.29 is 4.74 Å². The Morgan fingerprint density at radius 3 is 2.73 bits per heavy atom. The molecule has 30 heavy (non-hydrogen) atoms.